The molecule has 0 amide bonds. The van der Waals surface area contributed by atoms with Gasteiger partial charge < -0.3 is 17.7 Å². The molecule has 0 saturated heterocycles. The summed E-state index contributed by atoms with van der Waals surface area (Å²) in [4.78, 5) is 3.44. The normalized spacial score (nSPS) is 11.3. The fourth-order valence-corrected chi connectivity index (χ4v) is 0.823. The summed E-state index contributed by atoms with van der Waals surface area (Å²) < 4.78 is 41.0. The molecular formula is C6H6BF3NO-. The minimum absolute atomic E-state index is 0.370. The van der Waals surface area contributed by atoms with E-state index in [1.807, 2.05) is 0 Å². The fraction of sp³-hybridized carbons (Fsp3) is 0.167. The van der Waals surface area contributed by atoms with Crippen molar-refractivity contribution in [2.45, 2.75) is 0 Å². The van der Waals surface area contributed by atoms with E-state index in [4.69, 9.17) is 0 Å². The SMILES string of the molecule is COc1ncccc1[B-](F)(F)F. The summed E-state index contributed by atoms with van der Waals surface area (Å²) in [5.41, 5.74) is -0.792. The molecule has 0 aromatic carbocycles. The highest BCUT2D eigenvalue weighted by Gasteiger charge is 2.29. The van der Waals surface area contributed by atoms with Gasteiger partial charge in [0.15, 0.2) is 5.88 Å². The third-order valence-corrected chi connectivity index (χ3v) is 1.35. The number of halogens is 3. The number of nitrogens with zero attached hydrogens (tertiary/aromatic N) is 1. The molecule has 1 aromatic heterocycles. The van der Waals surface area contributed by atoms with Gasteiger partial charge in [-0.3, -0.25) is 0 Å². The first-order valence-electron chi connectivity index (χ1n) is 3.24. The Morgan fingerprint density at radius 2 is 2.08 bits per heavy atom. The van der Waals surface area contributed by atoms with E-state index in [2.05, 4.69) is 9.72 Å². The Labute approximate surface area is 67.4 Å². The average Bonchev–Trinajstić information content (AvgIpc) is 2.03. The third kappa shape index (κ3) is 1.69. The monoisotopic (exact) mass is 176 g/mol. The zero-order valence-electron chi connectivity index (χ0n) is 6.30. The molecule has 0 saturated carbocycles. The summed E-state index contributed by atoms with van der Waals surface area (Å²) in [7, 11) is 1.16. The second kappa shape index (κ2) is 3.04. The highest BCUT2D eigenvalue weighted by molar-refractivity contribution is 6.74. The number of rotatable bonds is 2. The van der Waals surface area contributed by atoms with E-state index in [1.165, 1.54) is 12.3 Å². The average molecular weight is 176 g/mol. The number of aromatic nitrogens is 1. The van der Waals surface area contributed by atoms with Gasteiger partial charge in [-0.15, -0.1) is 0 Å². The fourth-order valence-electron chi connectivity index (χ4n) is 0.823. The van der Waals surface area contributed by atoms with Gasteiger partial charge in [-0.05, 0) is 11.5 Å². The number of ether oxygens (including phenoxy) is 1. The van der Waals surface area contributed by atoms with Crippen molar-refractivity contribution in [1.82, 2.24) is 4.98 Å². The maximum atomic E-state index is 12.2. The van der Waals surface area contributed by atoms with Crippen molar-refractivity contribution in [3.63, 3.8) is 0 Å². The lowest BCUT2D eigenvalue weighted by Gasteiger charge is -2.16. The van der Waals surface area contributed by atoms with E-state index in [9.17, 15) is 12.9 Å². The van der Waals surface area contributed by atoms with Crippen LogP contribution in [0.25, 0.3) is 0 Å². The molecule has 12 heavy (non-hydrogen) atoms. The van der Waals surface area contributed by atoms with E-state index >= 15 is 0 Å². The Kier molecular flexibility index (Phi) is 2.26. The summed E-state index contributed by atoms with van der Waals surface area (Å²) in [6, 6.07) is 2.18. The Bertz CT molecular complexity index is 276. The lowest BCUT2D eigenvalue weighted by molar-refractivity contribution is 0.396. The Hall–Kier alpha value is -1.20. The van der Waals surface area contributed by atoms with Crippen molar-refractivity contribution >= 4 is 12.4 Å². The van der Waals surface area contributed by atoms with Crippen molar-refractivity contribution in [2.75, 3.05) is 7.11 Å². The highest BCUT2D eigenvalue weighted by Crippen LogP contribution is 2.14. The number of methoxy groups -OCH3 is 1. The smallest absolute Gasteiger partial charge is 0.483 e. The van der Waals surface area contributed by atoms with Gasteiger partial charge in [0.05, 0.1) is 7.11 Å². The number of hydrogen-bond donors (Lipinski definition) is 0. The van der Waals surface area contributed by atoms with Crippen LogP contribution in [0.5, 0.6) is 5.88 Å². The Morgan fingerprint density at radius 3 is 2.50 bits per heavy atom. The lowest BCUT2D eigenvalue weighted by atomic mass is 9.81. The van der Waals surface area contributed by atoms with Gasteiger partial charge in [-0.1, -0.05) is 6.07 Å². The summed E-state index contributed by atoms with van der Waals surface area (Å²) in [5.74, 6) is -0.370. The molecule has 0 bridgehead atoms. The van der Waals surface area contributed by atoms with Crippen LogP contribution in [-0.4, -0.2) is 19.1 Å². The van der Waals surface area contributed by atoms with Crippen LogP contribution in [0.4, 0.5) is 12.9 Å². The second-order valence-electron chi connectivity index (χ2n) is 2.18. The molecule has 0 unspecified atom stereocenters. The summed E-state index contributed by atoms with van der Waals surface area (Å²) in [6.07, 6.45) is 1.25. The van der Waals surface area contributed by atoms with Crippen LogP contribution in [0, 0.1) is 0 Å². The molecule has 66 valence electrons. The quantitative estimate of drug-likeness (QED) is 0.630. The third-order valence-electron chi connectivity index (χ3n) is 1.35. The van der Waals surface area contributed by atoms with Gasteiger partial charge in [0.1, 0.15) is 0 Å². The van der Waals surface area contributed by atoms with Crippen molar-refractivity contribution in [2.24, 2.45) is 0 Å². The second-order valence-corrected chi connectivity index (χ2v) is 2.18. The maximum Gasteiger partial charge on any atom is 0.514 e. The van der Waals surface area contributed by atoms with Gasteiger partial charge in [0.25, 0.3) is 0 Å². The summed E-state index contributed by atoms with van der Waals surface area (Å²) >= 11 is 0. The van der Waals surface area contributed by atoms with Crippen LogP contribution in [0.15, 0.2) is 18.3 Å². The minimum atomic E-state index is -5.03. The Balaban J connectivity index is 3.14. The van der Waals surface area contributed by atoms with Crippen molar-refractivity contribution < 1.29 is 17.7 Å². The zero-order valence-corrected chi connectivity index (χ0v) is 6.30. The molecule has 0 N–H and O–H groups in total. The molecule has 0 atom stereocenters. The topological polar surface area (TPSA) is 22.1 Å². The van der Waals surface area contributed by atoms with Crippen molar-refractivity contribution in [3.05, 3.63) is 18.3 Å². The predicted octanol–water partition coefficient (Wildman–Crippen LogP) is 1.14. The zero-order chi connectivity index (χ0) is 9.19. The summed E-state index contributed by atoms with van der Waals surface area (Å²) in [6.45, 7) is -5.03. The summed E-state index contributed by atoms with van der Waals surface area (Å²) in [5, 5.41) is 0. The molecule has 0 spiro atoms. The molecule has 2 nitrogen and oxygen atoms in total. The molecule has 0 aliphatic rings. The first-order valence-corrected chi connectivity index (χ1v) is 3.24. The molecule has 0 aliphatic heterocycles. The van der Waals surface area contributed by atoms with Crippen molar-refractivity contribution in [1.29, 1.82) is 0 Å². The van der Waals surface area contributed by atoms with Crippen molar-refractivity contribution in [3.8, 4) is 5.88 Å². The van der Waals surface area contributed by atoms with Gasteiger partial charge in [-0.25, -0.2) is 4.98 Å². The molecule has 1 heterocycles. The van der Waals surface area contributed by atoms with Crippen LogP contribution < -0.4 is 10.2 Å². The molecule has 6 heteroatoms. The van der Waals surface area contributed by atoms with Crippen LogP contribution in [0.3, 0.4) is 0 Å². The highest BCUT2D eigenvalue weighted by atomic mass is 19.4. The van der Waals surface area contributed by atoms with Gasteiger partial charge in [0, 0.05) is 6.20 Å². The largest absolute Gasteiger partial charge is 0.514 e. The molecule has 1 rings (SSSR count). The molecule has 0 aliphatic carbocycles. The first-order chi connectivity index (χ1) is 5.55. The standard InChI is InChI=1S/C6H6BF3NO/c1-12-6-5(7(8,9)10)3-2-4-11-6/h2-4H,1H3/q-1. The van der Waals surface area contributed by atoms with Crippen LogP contribution in [0.1, 0.15) is 0 Å². The van der Waals surface area contributed by atoms with Gasteiger partial charge in [0.2, 0.25) is 0 Å². The molecule has 0 fully saturated rings. The van der Waals surface area contributed by atoms with E-state index in [0.717, 1.165) is 13.2 Å². The van der Waals surface area contributed by atoms with Gasteiger partial charge in [-0.2, -0.15) is 0 Å². The van der Waals surface area contributed by atoms with E-state index < -0.39 is 12.4 Å². The van der Waals surface area contributed by atoms with E-state index in [-0.39, 0.29) is 5.88 Å². The first kappa shape index (κ1) is 8.90. The van der Waals surface area contributed by atoms with Gasteiger partial charge >= 0.3 is 6.98 Å². The number of hydrogen-bond acceptors (Lipinski definition) is 2. The van der Waals surface area contributed by atoms with Crippen LogP contribution >= 0.6 is 0 Å². The maximum absolute atomic E-state index is 12.2. The minimum Gasteiger partial charge on any atom is -0.483 e. The van der Waals surface area contributed by atoms with E-state index in [0.29, 0.717) is 0 Å². The molecular weight excluding hydrogens is 170 g/mol. The Morgan fingerprint density at radius 1 is 1.42 bits per heavy atom. The lowest BCUT2D eigenvalue weighted by Crippen LogP contribution is -2.35. The number of pyridine rings is 1. The molecule has 0 radical (unpaired) electrons. The van der Waals surface area contributed by atoms with Crippen LogP contribution in [0.2, 0.25) is 0 Å². The van der Waals surface area contributed by atoms with E-state index in [1.54, 1.807) is 0 Å². The predicted molar refractivity (Wildman–Crippen MR) is 39.5 cm³/mol. The molecule has 1 aromatic rings. The van der Waals surface area contributed by atoms with Crippen LogP contribution in [-0.2, 0) is 0 Å².